The number of halogens is 1. The van der Waals surface area contributed by atoms with Crippen molar-refractivity contribution in [2.24, 2.45) is 0 Å². The van der Waals surface area contributed by atoms with Crippen LogP contribution in [-0.4, -0.2) is 27.1 Å². The minimum Gasteiger partial charge on any atom is -0.322 e. The Labute approximate surface area is 158 Å². The summed E-state index contributed by atoms with van der Waals surface area (Å²) in [5.74, 6) is -0.728. The molecule has 142 valence electrons. The van der Waals surface area contributed by atoms with Crippen LogP contribution in [0.2, 0.25) is 0 Å². The molecule has 1 amide bonds. The number of hydrogen-bond donors (Lipinski definition) is 1. The van der Waals surface area contributed by atoms with Gasteiger partial charge in [-0.3, -0.25) is 9.10 Å². The van der Waals surface area contributed by atoms with Crippen molar-refractivity contribution in [1.82, 2.24) is 0 Å². The summed E-state index contributed by atoms with van der Waals surface area (Å²) in [6.45, 7) is 2.08. The van der Waals surface area contributed by atoms with Gasteiger partial charge in [-0.15, -0.1) is 0 Å². The number of amides is 1. The van der Waals surface area contributed by atoms with Crippen molar-refractivity contribution in [3.63, 3.8) is 0 Å². The van der Waals surface area contributed by atoms with Crippen LogP contribution in [0.25, 0.3) is 6.08 Å². The molecule has 1 N–H and O–H groups in total. The molecular formula is C20H21FN2O3S. The van der Waals surface area contributed by atoms with E-state index in [4.69, 9.17) is 0 Å². The molecule has 0 unspecified atom stereocenters. The van der Waals surface area contributed by atoms with Gasteiger partial charge in [-0.2, -0.15) is 0 Å². The average Bonchev–Trinajstić information content (AvgIpc) is 2.62. The molecule has 0 radical (unpaired) electrons. The Hall–Kier alpha value is -2.67. The fraction of sp³-hybridized carbons (Fsp3) is 0.250. The standard InChI is InChI=1S/C20H21FN2O3S/c1-14(12-15-6-3-4-8-18(15)21)20(24)22-17-9-10-19-16(13-17)7-5-11-23(19)27(2,25)26/h3-4,6,8-10,12-13H,5,7,11H2,1-2H3,(H,22,24)/b14-12+. The third-order valence-corrected chi connectivity index (χ3v) is 5.63. The summed E-state index contributed by atoms with van der Waals surface area (Å²) in [5.41, 5.74) is 2.82. The number of aryl methyl sites for hydroxylation is 1. The number of anilines is 2. The van der Waals surface area contributed by atoms with Crippen LogP contribution in [0.15, 0.2) is 48.0 Å². The molecule has 5 nitrogen and oxygen atoms in total. The maximum Gasteiger partial charge on any atom is 0.251 e. The van der Waals surface area contributed by atoms with E-state index in [1.807, 2.05) is 0 Å². The van der Waals surface area contributed by atoms with E-state index in [2.05, 4.69) is 5.32 Å². The molecule has 0 aromatic heterocycles. The van der Waals surface area contributed by atoms with Gasteiger partial charge in [-0.1, -0.05) is 18.2 Å². The molecule has 0 spiro atoms. The fourth-order valence-corrected chi connectivity index (χ4v) is 4.10. The number of nitrogens with zero attached hydrogens (tertiary/aromatic N) is 1. The molecule has 0 saturated heterocycles. The SMILES string of the molecule is C/C(=C\c1ccccc1F)C(=O)Nc1ccc2c(c1)CCCN2S(C)(=O)=O. The predicted octanol–water partition coefficient (Wildman–Crippen LogP) is 3.58. The number of carbonyl (C=O) groups is 1. The van der Waals surface area contributed by atoms with E-state index in [0.29, 0.717) is 29.1 Å². The van der Waals surface area contributed by atoms with Gasteiger partial charge < -0.3 is 5.32 Å². The van der Waals surface area contributed by atoms with Gasteiger partial charge in [-0.05, 0) is 55.7 Å². The molecule has 0 saturated carbocycles. The van der Waals surface area contributed by atoms with Crippen LogP contribution in [0.5, 0.6) is 0 Å². The Balaban J connectivity index is 1.80. The van der Waals surface area contributed by atoms with E-state index in [-0.39, 0.29) is 11.7 Å². The minimum atomic E-state index is -3.33. The number of fused-ring (bicyclic) bond motifs is 1. The fourth-order valence-electron chi connectivity index (χ4n) is 3.11. The zero-order valence-corrected chi connectivity index (χ0v) is 16.0. The first-order valence-corrected chi connectivity index (χ1v) is 10.5. The van der Waals surface area contributed by atoms with Crippen LogP contribution in [0, 0.1) is 5.82 Å². The quantitative estimate of drug-likeness (QED) is 0.814. The first-order valence-electron chi connectivity index (χ1n) is 8.60. The Kier molecular flexibility index (Phi) is 5.32. The van der Waals surface area contributed by atoms with E-state index in [1.54, 1.807) is 43.3 Å². The van der Waals surface area contributed by atoms with Gasteiger partial charge in [0.15, 0.2) is 0 Å². The lowest BCUT2D eigenvalue weighted by atomic mass is 10.0. The van der Waals surface area contributed by atoms with Gasteiger partial charge in [0.2, 0.25) is 10.0 Å². The lowest BCUT2D eigenvalue weighted by Gasteiger charge is -2.29. The van der Waals surface area contributed by atoms with Crippen LogP contribution in [0.3, 0.4) is 0 Å². The van der Waals surface area contributed by atoms with Crippen LogP contribution in [0.4, 0.5) is 15.8 Å². The predicted molar refractivity (Wildman–Crippen MR) is 106 cm³/mol. The van der Waals surface area contributed by atoms with Gasteiger partial charge in [0.05, 0.1) is 11.9 Å². The van der Waals surface area contributed by atoms with Crippen molar-refractivity contribution in [2.45, 2.75) is 19.8 Å². The number of benzene rings is 2. The van der Waals surface area contributed by atoms with E-state index < -0.39 is 10.0 Å². The molecule has 0 aliphatic carbocycles. The van der Waals surface area contributed by atoms with Crippen LogP contribution >= 0.6 is 0 Å². The topological polar surface area (TPSA) is 66.5 Å². The normalized spacial score (nSPS) is 14.6. The highest BCUT2D eigenvalue weighted by atomic mass is 32.2. The van der Waals surface area contributed by atoms with Crippen LogP contribution in [0.1, 0.15) is 24.5 Å². The molecule has 1 heterocycles. The molecule has 0 atom stereocenters. The second kappa shape index (κ2) is 7.52. The average molecular weight is 388 g/mol. The first kappa shape index (κ1) is 19.1. The molecule has 0 fully saturated rings. The Morgan fingerprint density at radius 2 is 1.96 bits per heavy atom. The van der Waals surface area contributed by atoms with Crippen molar-refractivity contribution in [1.29, 1.82) is 0 Å². The smallest absolute Gasteiger partial charge is 0.251 e. The summed E-state index contributed by atoms with van der Waals surface area (Å²) < 4.78 is 39.0. The van der Waals surface area contributed by atoms with Gasteiger partial charge in [0.25, 0.3) is 5.91 Å². The highest BCUT2D eigenvalue weighted by Gasteiger charge is 2.24. The molecule has 27 heavy (non-hydrogen) atoms. The summed E-state index contributed by atoms with van der Waals surface area (Å²) in [6.07, 6.45) is 4.15. The van der Waals surface area contributed by atoms with Crippen molar-refractivity contribution in [3.8, 4) is 0 Å². The minimum absolute atomic E-state index is 0.339. The summed E-state index contributed by atoms with van der Waals surface area (Å²) in [7, 11) is -3.33. The van der Waals surface area contributed by atoms with E-state index in [1.165, 1.54) is 22.7 Å². The van der Waals surface area contributed by atoms with Gasteiger partial charge in [0.1, 0.15) is 5.82 Å². The molecule has 1 aliphatic rings. The molecule has 7 heteroatoms. The van der Waals surface area contributed by atoms with Gasteiger partial charge in [0, 0.05) is 23.4 Å². The maximum absolute atomic E-state index is 13.7. The third kappa shape index (κ3) is 4.36. The second-order valence-electron chi connectivity index (χ2n) is 6.59. The van der Waals surface area contributed by atoms with E-state index in [9.17, 15) is 17.6 Å². The number of rotatable bonds is 4. The molecule has 1 aliphatic heterocycles. The summed E-state index contributed by atoms with van der Waals surface area (Å²) in [5, 5.41) is 2.79. The van der Waals surface area contributed by atoms with Crippen molar-refractivity contribution < 1.29 is 17.6 Å². The molecule has 2 aromatic rings. The number of carbonyl (C=O) groups excluding carboxylic acids is 1. The monoisotopic (exact) mass is 388 g/mol. The molecule has 0 bridgehead atoms. The number of hydrogen-bond acceptors (Lipinski definition) is 3. The Morgan fingerprint density at radius 3 is 2.67 bits per heavy atom. The maximum atomic E-state index is 13.7. The highest BCUT2D eigenvalue weighted by molar-refractivity contribution is 7.92. The highest BCUT2D eigenvalue weighted by Crippen LogP contribution is 2.31. The largest absolute Gasteiger partial charge is 0.322 e. The van der Waals surface area contributed by atoms with Crippen molar-refractivity contribution in [3.05, 3.63) is 65.0 Å². The Morgan fingerprint density at radius 1 is 1.22 bits per heavy atom. The molecule has 2 aromatic carbocycles. The van der Waals surface area contributed by atoms with Gasteiger partial charge in [-0.25, -0.2) is 12.8 Å². The number of sulfonamides is 1. The van der Waals surface area contributed by atoms with E-state index in [0.717, 1.165) is 18.4 Å². The zero-order chi connectivity index (χ0) is 19.6. The molecular weight excluding hydrogens is 367 g/mol. The lowest BCUT2D eigenvalue weighted by molar-refractivity contribution is -0.112. The first-order chi connectivity index (χ1) is 12.8. The van der Waals surface area contributed by atoms with Crippen LogP contribution in [-0.2, 0) is 21.2 Å². The zero-order valence-electron chi connectivity index (χ0n) is 15.2. The molecule has 3 rings (SSSR count). The van der Waals surface area contributed by atoms with Crippen LogP contribution < -0.4 is 9.62 Å². The summed E-state index contributed by atoms with van der Waals surface area (Å²) >= 11 is 0. The second-order valence-corrected chi connectivity index (χ2v) is 8.49. The summed E-state index contributed by atoms with van der Waals surface area (Å²) in [4.78, 5) is 12.4. The Bertz CT molecular complexity index is 1020. The number of nitrogens with one attached hydrogen (secondary N) is 1. The van der Waals surface area contributed by atoms with Gasteiger partial charge >= 0.3 is 0 Å². The lowest BCUT2D eigenvalue weighted by Crippen LogP contribution is -2.34. The van der Waals surface area contributed by atoms with Crippen molar-refractivity contribution in [2.75, 3.05) is 22.4 Å². The third-order valence-electron chi connectivity index (χ3n) is 4.45. The van der Waals surface area contributed by atoms with E-state index >= 15 is 0 Å². The van der Waals surface area contributed by atoms with Crippen molar-refractivity contribution >= 4 is 33.4 Å². The summed E-state index contributed by atoms with van der Waals surface area (Å²) in [6, 6.07) is 11.4.